The highest BCUT2D eigenvalue weighted by Gasteiger charge is 2.06. The van der Waals surface area contributed by atoms with Crippen molar-refractivity contribution < 1.29 is 9.47 Å². The Labute approximate surface area is 119 Å². The molecule has 0 aliphatic rings. The monoisotopic (exact) mass is 275 g/mol. The van der Waals surface area contributed by atoms with Gasteiger partial charge >= 0.3 is 0 Å². The Hall–Kier alpha value is -2.17. The average molecular weight is 275 g/mol. The van der Waals surface area contributed by atoms with Gasteiger partial charge in [0.25, 0.3) is 0 Å². The van der Waals surface area contributed by atoms with Crippen LogP contribution in [0.5, 0.6) is 11.5 Å². The molecule has 0 fully saturated rings. The van der Waals surface area contributed by atoms with E-state index in [2.05, 4.69) is 17.3 Å². The zero-order valence-corrected chi connectivity index (χ0v) is 12.2. The summed E-state index contributed by atoms with van der Waals surface area (Å²) in [6, 6.07) is 7.73. The van der Waals surface area contributed by atoms with E-state index in [0.717, 1.165) is 35.8 Å². The van der Waals surface area contributed by atoms with Crippen LogP contribution >= 0.6 is 0 Å². The number of benzene rings is 1. The number of nitrogens with zero attached hydrogens (tertiary/aromatic N) is 2. The minimum Gasteiger partial charge on any atom is -0.497 e. The van der Waals surface area contributed by atoms with Crippen LogP contribution in [0.25, 0.3) is 0 Å². The van der Waals surface area contributed by atoms with Crippen molar-refractivity contribution in [1.82, 2.24) is 9.78 Å². The zero-order chi connectivity index (χ0) is 14.4. The van der Waals surface area contributed by atoms with Crippen molar-refractivity contribution in [3.05, 3.63) is 36.2 Å². The van der Waals surface area contributed by atoms with Crippen molar-refractivity contribution in [3.63, 3.8) is 0 Å². The number of ether oxygens (including phenoxy) is 2. The summed E-state index contributed by atoms with van der Waals surface area (Å²) < 4.78 is 12.6. The maximum Gasteiger partial charge on any atom is 0.142 e. The molecule has 1 aromatic carbocycles. The number of methoxy groups -OCH3 is 2. The van der Waals surface area contributed by atoms with Crippen molar-refractivity contribution in [2.45, 2.75) is 26.4 Å². The first-order valence-electron chi connectivity index (χ1n) is 6.75. The molecule has 0 bridgehead atoms. The number of hydrogen-bond acceptors (Lipinski definition) is 4. The standard InChI is InChI=1S/C15H21N3O2/c1-4-9-18-12(7-8-17-18)11-16-14-10-13(19-2)5-6-15(14)20-3/h5-8,10,16H,4,9,11H2,1-3H3. The van der Waals surface area contributed by atoms with Crippen molar-refractivity contribution in [2.24, 2.45) is 0 Å². The molecule has 1 N–H and O–H groups in total. The minimum absolute atomic E-state index is 0.698. The highest BCUT2D eigenvalue weighted by Crippen LogP contribution is 2.29. The van der Waals surface area contributed by atoms with E-state index in [0.29, 0.717) is 6.54 Å². The molecular weight excluding hydrogens is 254 g/mol. The van der Waals surface area contributed by atoms with Gasteiger partial charge in [-0.15, -0.1) is 0 Å². The lowest BCUT2D eigenvalue weighted by Crippen LogP contribution is -2.09. The normalized spacial score (nSPS) is 10.3. The molecule has 108 valence electrons. The van der Waals surface area contributed by atoms with Crippen LogP contribution < -0.4 is 14.8 Å². The predicted molar refractivity (Wildman–Crippen MR) is 79.4 cm³/mol. The van der Waals surface area contributed by atoms with Gasteiger partial charge in [0.15, 0.2) is 0 Å². The second-order valence-corrected chi connectivity index (χ2v) is 4.47. The van der Waals surface area contributed by atoms with Gasteiger partial charge in [0.1, 0.15) is 11.5 Å². The molecule has 0 unspecified atom stereocenters. The molecule has 0 aliphatic carbocycles. The quantitative estimate of drug-likeness (QED) is 0.844. The van der Waals surface area contributed by atoms with Gasteiger partial charge in [-0.3, -0.25) is 4.68 Å². The van der Waals surface area contributed by atoms with Gasteiger partial charge in [-0.05, 0) is 24.6 Å². The lowest BCUT2D eigenvalue weighted by Gasteiger charge is -2.13. The summed E-state index contributed by atoms with van der Waals surface area (Å²) in [5, 5.41) is 7.69. The Morgan fingerprint density at radius 3 is 2.75 bits per heavy atom. The fraction of sp³-hybridized carbons (Fsp3) is 0.400. The van der Waals surface area contributed by atoms with Crippen LogP contribution in [0.1, 0.15) is 19.0 Å². The van der Waals surface area contributed by atoms with Crippen LogP contribution in [-0.2, 0) is 13.1 Å². The first-order chi connectivity index (χ1) is 9.78. The molecule has 1 aromatic heterocycles. The van der Waals surface area contributed by atoms with Crippen LogP contribution in [0.2, 0.25) is 0 Å². The third kappa shape index (κ3) is 3.23. The molecule has 2 aromatic rings. The fourth-order valence-corrected chi connectivity index (χ4v) is 2.06. The second-order valence-electron chi connectivity index (χ2n) is 4.47. The van der Waals surface area contributed by atoms with Gasteiger partial charge in [-0.1, -0.05) is 6.92 Å². The van der Waals surface area contributed by atoms with Gasteiger partial charge in [0.05, 0.1) is 32.1 Å². The number of nitrogens with one attached hydrogen (secondary N) is 1. The third-order valence-corrected chi connectivity index (χ3v) is 3.11. The van der Waals surface area contributed by atoms with E-state index in [-0.39, 0.29) is 0 Å². The molecule has 0 radical (unpaired) electrons. The molecule has 0 saturated carbocycles. The van der Waals surface area contributed by atoms with E-state index in [9.17, 15) is 0 Å². The highest BCUT2D eigenvalue weighted by molar-refractivity contribution is 5.59. The van der Waals surface area contributed by atoms with Gasteiger partial charge in [-0.2, -0.15) is 5.10 Å². The Morgan fingerprint density at radius 1 is 1.20 bits per heavy atom. The molecule has 0 aliphatic heterocycles. The lowest BCUT2D eigenvalue weighted by atomic mass is 10.2. The van der Waals surface area contributed by atoms with E-state index in [4.69, 9.17) is 9.47 Å². The summed E-state index contributed by atoms with van der Waals surface area (Å²) in [4.78, 5) is 0. The van der Waals surface area contributed by atoms with Crippen LogP contribution in [0.15, 0.2) is 30.5 Å². The Morgan fingerprint density at radius 2 is 2.05 bits per heavy atom. The molecule has 2 rings (SSSR count). The number of anilines is 1. The topological polar surface area (TPSA) is 48.3 Å². The molecule has 0 saturated heterocycles. The maximum atomic E-state index is 5.35. The summed E-state index contributed by atoms with van der Waals surface area (Å²) in [6.07, 6.45) is 2.90. The zero-order valence-electron chi connectivity index (χ0n) is 12.2. The summed E-state index contributed by atoms with van der Waals surface area (Å²) in [7, 11) is 3.32. The van der Waals surface area contributed by atoms with Gasteiger partial charge in [-0.25, -0.2) is 0 Å². The number of rotatable bonds is 7. The fourth-order valence-electron chi connectivity index (χ4n) is 2.06. The summed E-state index contributed by atoms with van der Waals surface area (Å²) in [5.41, 5.74) is 2.06. The largest absolute Gasteiger partial charge is 0.497 e. The molecule has 5 nitrogen and oxygen atoms in total. The lowest BCUT2D eigenvalue weighted by molar-refractivity contribution is 0.404. The van der Waals surface area contributed by atoms with E-state index in [1.165, 1.54) is 0 Å². The third-order valence-electron chi connectivity index (χ3n) is 3.11. The summed E-state index contributed by atoms with van der Waals surface area (Å²) in [5.74, 6) is 1.60. The minimum atomic E-state index is 0.698. The van der Waals surface area contributed by atoms with Crippen LogP contribution in [0.3, 0.4) is 0 Å². The number of aryl methyl sites for hydroxylation is 1. The first kappa shape index (κ1) is 14.2. The molecule has 20 heavy (non-hydrogen) atoms. The maximum absolute atomic E-state index is 5.35. The van der Waals surface area contributed by atoms with Crippen molar-refractivity contribution >= 4 is 5.69 Å². The highest BCUT2D eigenvalue weighted by atomic mass is 16.5. The number of hydrogen-bond donors (Lipinski definition) is 1. The van der Waals surface area contributed by atoms with Crippen LogP contribution in [-0.4, -0.2) is 24.0 Å². The molecule has 1 heterocycles. The Bertz CT molecular complexity index is 552. The molecular formula is C15H21N3O2. The SMILES string of the molecule is CCCn1nccc1CNc1cc(OC)ccc1OC. The first-order valence-corrected chi connectivity index (χ1v) is 6.75. The van der Waals surface area contributed by atoms with E-state index >= 15 is 0 Å². The number of aromatic nitrogens is 2. The molecule has 5 heteroatoms. The van der Waals surface area contributed by atoms with Crippen molar-refractivity contribution in [3.8, 4) is 11.5 Å². The van der Waals surface area contributed by atoms with Gasteiger partial charge < -0.3 is 14.8 Å². The van der Waals surface area contributed by atoms with Crippen LogP contribution in [0, 0.1) is 0 Å². The second kappa shape index (κ2) is 6.84. The average Bonchev–Trinajstić information content (AvgIpc) is 2.92. The summed E-state index contributed by atoms with van der Waals surface area (Å²) >= 11 is 0. The Kier molecular flexibility index (Phi) is 4.87. The summed E-state index contributed by atoms with van der Waals surface area (Å²) in [6.45, 7) is 3.77. The van der Waals surface area contributed by atoms with Gasteiger partial charge in [0, 0.05) is 18.8 Å². The molecule has 0 amide bonds. The van der Waals surface area contributed by atoms with E-state index < -0.39 is 0 Å². The molecule has 0 spiro atoms. The molecule has 0 atom stereocenters. The van der Waals surface area contributed by atoms with Crippen molar-refractivity contribution in [1.29, 1.82) is 0 Å². The van der Waals surface area contributed by atoms with Gasteiger partial charge in [0.2, 0.25) is 0 Å². The smallest absolute Gasteiger partial charge is 0.142 e. The predicted octanol–water partition coefficient (Wildman–Crippen LogP) is 2.92. The van der Waals surface area contributed by atoms with E-state index in [1.54, 1.807) is 14.2 Å². The Balaban J connectivity index is 2.11. The van der Waals surface area contributed by atoms with E-state index in [1.807, 2.05) is 35.1 Å². The van der Waals surface area contributed by atoms with Crippen molar-refractivity contribution in [2.75, 3.05) is 19.5 Å². The van der Waals surface area contributed by atoms with Crippen LogP contribution in [0.4, 0.5) is 5.69 Å².